The summed E-state index contributed by atoms with van der Waals surface area (Å²) >= 11 is 0. The first-order valence-electron chi connectivity index (χ1n) is 1.71. The Labute approximate surface area is 105 Å². The Kier molecular flexibility index (Phi) is 66.7. The van der Waals surface area contributed by atoms with Crippen LogP contribution >= 0.6 is 0 Å². The van der Waals surface area contributed by atoms with Crippen molar-refractivity contribution in [1.82, 2.24) is 0 Å². The summed E-state index contributed by atoms with van der Waals surface area (Å²) in [5, 5.41) is 24.0. The molecule has 0 unspecified atom stereocenters. The van der Waals surface area contributed by atoms with Gasteiger partial charge in [-0.15, -0.1) is 0 Å². The number of rotatable bonds is 2. The summed E-state index contributed by atoms with van der Waals surface area (Å²) in [6, 6.07) is 0. The van der Waals surface area contributed by atoms with Crippen LogP contribution in [0.1, 0.15) is 0 Å². The molecular formula is C3H16CaMgO5. The van der Waals surface area contributed by atoms with E-state index in [1.807, 2.05) is 0 Å². The van der Waals surface area contributed by atoms with Crippen LogP contribution < -0.4 is 0 Å². The van der Waals surface area contributed by atoms with Crippen molar-refractivity contribution >= 4 is 60.8 Å². The summed E-state index contributed by atoms with van der Waals surface area (Å²) in [5.41, 5.74) is 0. The second kappa shape index (κ2) is 22.4. The minimum Gasteiger partial charge on any atom is 0.316 e. The van der Waals surface area contributed by atoms with E-state index in [1.165, 1.54) is 0 Å². The molecular weight excluding hydrogens is 180 g/mol. The molecule has 0 fully saturated rings. The predicted molar refractivity (Wildman–Crippen MR) is 44.5 cm³/mol. The van der Waals surface area contributed by atoms with Gasteiger partial charge >= 0.3 is 60.8 Å². The minimum absolute atomic E-state index is 0. The smallest absolute Gasteiger partial charge is 0.316 e. The summed E-state index contributed by atoms with van der Waals surface area (Å²) in [4.78, 5) is 0. The fourth-order valence-electron chi connectivity index (χ4n) is 0.0577. The van der Waals surface area contributed by atoms with E-state index in [-0.39, 0.29) is 85.0 Å². The van der Waals surface area contributed by atoms with Crippen LogP contribution in [-0.2, 0) is 0 Å². The largest absolute Gasteiger partial charge is 0.316 e. The van der Waals surface area contributed by atoms with Crippen LogP contribution in [0.25, 0.3) is 0 Å². The average Bonchev–Trinajstić information content (AvgIpc) is 1.65. The Balaban J connectivity index is -0.0000000208. The van der Waals surface area contributed by atoms with Crippen LogP contribution in [0, 0.1) is 0 Å². The maximum absolute atomic E-state index is 8.17. The Bertz CT molecular complexity index is 36.1. The zero-order chi connectivity index (χ0) is 4.99. The van der Waals surface area contributed by atoms with Crippen molar-refractivity contribution in [3.63, 3.8) is 0 Å². The third kappa shape index (κ3) is 22.6. The quantitative estimate of drug-likeness (QED) is 0.383. The molecule has 7 heteroatoms. The van der Waals surface area contributed by atoms with Gasteiger partial charge in [0.25, 0.3) is 0 Å². The number of hydrogen-bond donors (Lipinski definition) is 3. The molecule has 0 aromatic carbocycles. The van der Waals surface area contributed by atoms with Crippen LogP contribution in [-0.4, -0.2) is 106 Å². The van der Waals surface area contributed by atoms with Gasteiger partial charge in [0.05, 0.1) is 13.2 Å². The van der Waals surface area contributed by atoms with E-state index in [1.54, 1.807) is 0 Å². The summed E-state index contributed by atoms with van der Waals surface area (Å²) in [7, 11) is 0. The molecule has 0 bridgehead atoms. The molecule has 5 nitrogen and oxygen atoms in total. The van der Waals surface area contributed by atoms with E-state index in [2.05, 4.69) is 0 Å². The molecule has 0 aromatic heterocycles. The average molecular weight is 197 g/mol. The van der Waals surface area contributed by atoms with Gasteiger partial charge in [-0.3, -0.25) is 0 Å². The minimum atomic E-state index is -0.954. The molecule has 7 N–H and O–H groups in total. The molecule has 0 aliphatic rings. The van der Waals surface area contributed by atoms with Crippen molar-refractivity contribution in [3.05, 3.63) is 0 Å². The zero-order valence-electron chi connectivity index (χ0n) is 4.33. The molecule has 62 valence electrons. The molecule has 0 heterocycles. The first-order chi connectivity index (χ1) is 2.81. The second-order valence-corrected chi connectivity index (χ2v) is 1.02. The van der Waals surface area contributed by atoms with Crippen molar-refractivity contribution in [2.45, 2.75) is 6.10 Å². The van der Waals surface area contributed by atoms with Crippen molar-refractivity contribution in [2.75, 3.05) is 13.2 Å². The van der Waals surface area contributed by atoms with Crippen LogP contribution in [0.4, 0.5) is 0 Å². The van der Waals surface area contributed by atoms with Crippen molar-refractivity contribution in [1.29, 1.82) is 0 Å². The van der Waals surface area contributed by atoms with Gasteiger partial charge in [0.1, 0.15) is 6.10 Å². The molecule has 0 aliphatic heterocycles. The van der Waals surface area contributed by atoms with Gasteiger partial charge in [0.15, 0.2) is 0 Å². The van der Waals surface area contributed by atoms with Gasteiger partial charge in [-0.05, 0) is 0 Å². The maximum atomic E-state index is 8.17. The van der Waals surface area contributed by atoms with Gasteiger partial charge in [0, 0.05) is 0 Å². The number of hydrogen-bond acceptors (Lipinski definition) is 3. The van der Waals surface area contributed by atoms with E-state index in [0.717, 1.165) is 0 Å². The molecule has 0 saturated carbocycles. The molecule has 0 spiro atoms. The first-order valence-corrected chi connectivity index (χ1v) is 1.71. The topological polar surface area (TPSA) is 124 Å². The Morgan fingerprint density at radius 1 is 1.00 bits per heavy atom. The molecule has 0 saturated heterocycles. The molecule has 0 atom stereocenters. The second-order valence-electron chi connectivity index (χ2n) is 1.02. The fourth-order valence-corrected chi connectivity index (χ4v) is 0.0577. The van der Waals surface area contributed by atoms with E-state index < -0.39 is 6.10 Å². The number of aliphatic hydroxyl groups is 3. The summed E-state index contributed by atoms with van der Waals surface area (Å²) in [6.45, 7) is -0.729. The fraction of sp³-hybridized carbons (Fsp3) is 1.00. The molecule has 10 heavy (non-hydrogen) atoms. The Morgan fingerprint density at radius 3 is 1.20 bits per heavy atom. The normalized spacial score (nSPS) is 6.00. The van der Waals surface area contributed by atoms with E-state index in [4.69, 9.17) is 15.3 Å². The van der Waals surface area contributed by atoms with Gasteiger partial charge in [-0.25, -0.2) is 0 Å². The molecule has 0 radical (unpaired) electrons. The van der Waals surface area contributed by atoms with Gasteiger partial charge < -0.3 is 26.3 Å². The van der Waals surface area contributed by atoms with E-state index >= 15 is 0 Å². The van der Waals surface area contributed by atoms with Crippen LogP contribution in [0.3, 0.4) is 0 Å². The van der Waals surface area contributed by atoms with Gasteiger partial charge in [-0.2, -0.15) is 0 Å². The van der Waals surface area contributed by atoms with Crippen molar-refractivity contribution in [3.8, 4) is 0 Å². The molecule has 0 amide bonds. The summed E-state index contributed by atoms with van der Waals surface area (Å²) < 4.78 is 0. The van der Waals surface area contributed by atoms with Crippen LogP contribution in [0.15, 0.2) is 0 Å². The maximum Gasteiger partial charge on any atom is 0.316 e. The molecule has 0 rings (SSSR count). The Morgan fingerprint density at radius 2 is 1.20 bits per heavy atom. The molecule has 0 aliphatic carbocycles. The predicted octanol–water partition coefficient (Wildman–Crippen LogP) is -5.15. The van der Waals surface area contributed by atoms with Crippen LogP contribution in [0.2, 0.25) is 0 Å². The summed E-state index contributed by atoms with van der Waals surface area (Å²) in [6.07, 6.45) is -0.954. The van der Waals surface area contributed by atoms with Gasteiger partial charge in [0.2, 0.25) is 0 Å². The number of aliphatic hydroxyl groups excluding tert-OH is 3. The van der Waals surface area contributed by atoms with Crippen molar-refractivity contribution in [2.24, 2.45) is 0 Å². The third-order valence-corrected chi connectivity index (χ3v) is 0.421. The van der Waals surface area contributed by atoms with Crippen molar-refractivity contribution < 1.29 is 26.3 Å². The first kappa shape index (κ1) is 29.7. The van der Waals surface area contributed by atoms with Crippen LogP contribution in [0.5, 0.6) is 0 Å². The molecule has 0 aromatic rings. The Hall–Kier alpha value is 1.83. The standard InChI is InChI=1S/C3H8O3.Ca.Mg.2H2O.4H/c4-1-3(6)2-5;;;;;;;;/h3-6H,1-2H2;;;2*1H2;;;;. The monoisotopic (exact) mass is 196 g/mol. The van der Waals surface area contributed by atoms with Gasteiger partial charge in [-0.1, -0.05) is 0 Å². The third-order valence-electron chi connectivity index (χ3n) is 0.421. The van der Waals surface area contributed by atoms with E-state index in [9.17, 15) is 0 Å². The summed E-state index contributed by atoms with van der Waals surface area (Å²) in [5.74, 6) is 0. The SMILES string of the molecule is O.O.OCC(O)CO.[CaH2].[MgH2]. The zero-order valence-corrected chi connectivity index (χ0v) is 4.33. The van der Waals surface area contributed by atoms with E-state index in [0.29, 0.717) is 0 Å².